The van der Waals surface area contributed by atoms with Crippen molar-refractivity contribution in [3.63, 3.8) is 0 Å². The van der Waals surface area contributed by atoms with E-state index in [1.54, 1.807) is 0 Å². The van der Waals surface area contributed by atoms with Gasteiger partial charge in [-0.15, -0.1) is 0 Å². The second kappa shape index (κ2) is 14.3. The summed E-state index contributed by atoms with van der Waals surface area (Å²) < 4.78 is 13.5. The summed E-state index contributed by atoms with van der Waals surface area (Å²) in [6, 6.07) is 82.9. The zero-order valence-corrected chi connectivity index (χ0v) is 35.7. The van der Waals surface area contributed by atoms with E-state index in [1.165, 1.54) is 43.1 Å². The summed E-state index contributed by atoms with van der Waals surface area (Å²) in [5.41, 5.74) is 9.79. The van der Waals surface area contributed by atoms with Crippen molar-refractivity contribution < 1.29 is 8.83 Å². The predicted molar refractivity (Wildman–Crippen MR) is 278 cm³/mol. The number of anilines is 6. The minimum absolute atomic E-state index is 0.841. The maximum atomic E-state index is 6.77. The Bertz CT molecular complexity index is 3840. The van der Waals surface area contributed by atoms with Gasteiger partial charge in [0.1, 0.15) is 22.3 Å². The summed E-state index contributed by atoms with van der Waals surface area (Å²) in [6.45, 7) is 0. The molecule has 0 fully saturated rings. The second-order valence-corrected chi connectivity index (χ2v) is 17.4. The third kappa shape index (κ3) is 5.93. The monoisotopic (exact) mass is 842 g/mol. The van der Waals surface area contributed by atoms with E-state index in [0.29, 0.717) is 0 Å². The smallest absolute Gasteiger partial charge is 0.137 e. The van der Waals surface area contributed by atoms with E-state index >= 15 is 0 Å². The van der Waals surface area contributed by atoms with E-state index in [9.17, 15) is 0 Å². The van der Waals surface area contributed by atoms with Crippen LogP contribution in [0, 0.1) is 0 Å². The molecule has 0 N–H and O–H groups in total. The van der Waals surface area contributed by atoms with Crippen LogP contribution in [0.5, 0.6) is 0 Å². The number of benzene rings is 12. The normalized spacial score (nSPS) is 11.9. The number of hydrogen-bond donors (Lipinski definition) is 0. The first-order valence-electron chi connectivity index (χ1n) is 22.5. The van der Waals surface area contributed by atoms with Crippen molar-refractivity contribution >= 4 is 132 Å². The van der Waals surface area contributed by atoms with Crippen LogP contribution in [-0.2, 0) is 0 Å². The Labute approximate surface area is 379 Å². The van der Waals surface area contributed by atoms with Crippen LogP contribution in [0.2, 0.25) is 0 Å². The molecule has 0 radical (unpaired) electrons. The lowest BCUT2D eigenvalue weighted by molar-refractivity contribution is 0.668. The molecule has 0 spiro atoms. The molecule has 66 heavy (non-hydrogen) atoms. The summed E-state index contributed by atoms with van der Waals surface area (Å²) in [4.78, 5) is 4.66. The van der Waals surface area contributed by atoms with Crippen molar-refractivity contribution in [2.45, 2.75) is 0 Å². The summed E-state index contributed by atoms with van der Waals surface area (Å²) in [5.74, 6) is 0. The molecule has 0 atom stereocenters. The highest BCUT2D eigenvalue weighted by Crippen LogP contribution is 2.44. The highest BCUT2D eigenvalue weighted by Gasteiger charge is 2.20. The van der Waals surface area contributed by atoms with Gasteiger partial charge in [-0.1, -0.05) is 121 Å². The molecular weight excluding hydrogens is 805 g/mol. The zero-order valence-electron chi connectivity index (χ0n) is 35.7. The average molecular weight is 843 g/mol. The molecule has 0 aliphatic rings. The van der Waals surface area contributed by atoms with Crippen LogP contribution in [0.3, 0.4) is 0 Å². The molecule has 0 unspecified atom stereocenters. The second-order valence-electron chi connectivity index (χ2n) is 17.4. The number of fused-ring (bicyclic) bond motifs is 11. The van der Waals surface area contributed by atoms with Crippen LogP contribution in [0.15, 0.2) is 239 Å². The number of hydrogen-bond acceptors (Lipinski definition) is 4. The van der Waals surface area contributed by atoms with Crippen LogP contribution in [-0.4, -0.2) is 0 Å². The number of rotatable bonds is 6. The van der Waals surface area contributed by atoms with Gasteiger partial charge in [-0.3, -0.25) is 0 Å². The average Bonchev–Trinajstić information content (AvgIpc) is 3.91. The molecule has 0 saturated carbocycles. The Morgan fingerprint density at radius 3 is 0.803 bits per heavy atom. The lowest BCUT2D eigenvalue weighted by atomic mass is 10.0. The van der Waals surface area contributed by atoms with Crippen LogP contribution in [0.4, 0.5) is 34.1 Å². The van der Waals surface area contributed by atoms with Crippen molar-refractivity contribution in [1.82, 2.24) is 0 Å². The Morgan fingerprint density at radius 2 is 0.470 bits per heavy atom. The van der Waals surface area contributed by atoms with Gasteiger partial charge in [0.2, 0.25) is 0 Å². The Kier molecular flexibility index (Phi) is 7.95. The van der Waals surface area contributed by atoms with E-state index in [2.05, 4.69) is 240 Å². The fourth-order valence-electron chi connectivity index (χ4n) is 10.2. The molecular formula is C62H38N2O2. The van der Waals surface area contributed by atoms with Gasteiger partial charge < -0.3 is 18.6 Å². The third-order valence-corrected chi connectivity index (χ3v) is 13.5. The molecule has 2 heterocycles. The third-order valence-electron chi connectivity index (χ3n) is 13.5. The molecule has 4 heteroatoms. The van der Waals surface area contributed by atoms with Crippen molar-refractivity contribution in [3.05, 3.63) is 231 Å². The summed E-state index contributed by atoms with van der Waals surface area (Å²) >= 11 is 0. The SMILES string of the molecule is c1ccc2cc(N(c3ccc4ccccc4c3)c3ccc4c(c3)oc3cc5cc6c(cc5cc34)oc3cc(N(c4ccc5ccccc5c4)c4ccc5ccccc5c4)ccc36)ccc2c1. The first-order chi connectivity index (χ1) is 32.6. The van der Waals surface area contributed by atoms with E-state index in [0.717, 1.165) is 88.8 Å². The molecule has 14 aromatic rings. The minimum atomic E-state index is 0.841. The van der Waals surface area contributed by atoms with Crippen molar-refractivity contribution in [3.8, 4) is 0 Å². The fourth-order valence-corrected chi connectivity index (χ4v) is 10.2. The predicted octanol–water partition coefficient (Wildman–Crippen LogP) is 18.2. The van der Waals surface area contributed by atoms with Gasteiger partial charge in [-0.05, 0) is 151 Å². The van der Waals surface area contributed by atoms with Gasteiger partial charge in [0.15, 0.2) is 0 Å². The van der Waals surface area contributed by atoms with Gasteiger partial charge in [-0.25, -0.2) is 0 Å². The summed E-state index contributed by atoms with van der Waals surface area (Å²) in [5, 5.41) is 16.1. The lowest BCUT2D eigenvalue weighted by Crippen LogP contribution is -2.09. The first-order valence-corrected chi connectivity index (χ1v) is 22.5. The van der Waals surface area contributed by atoms with Gasteiger partial charge in [-0.2, -0.15) is 0 Å². The molecule has 2 aromatic heterocycles. The van der Waals surface area contributed by atoms with E-state index in [4.69, 9.17) is 8.83 Å². The van der Waals surface area contributed by atoms with E-state index in [-0.39, 0.29) is 0 Å². The Morgan fingerprint density at radius 1 is 0.197 bits per heavy atom. The van der Waals surface area contributed by atoms with Crippen LogP contribution < -0.4 is 9.80 Å². The molecule has 0 aliphatic heterocycles. The molecule has 14 rings (SSSR count). The zero-order chi connectivity index (χ0) is 43.3. The molecule has 0 saturated heterocycles. The first kappa shape index (κ1) is 36.6. The van der Waals surface area contributed by atoms with Crippen molar-refractivity contribution in [2.75, 3.05) is 9.80 Å². The maximum Gasteiger partial charge on any atom is 0.137 e. The standard InChI is InChI=1S/C62H38N2O2/c1-5-13-43-29-49(21-17-39(43)9-1)63(50-22-18-40-10-2-6-14-44(40)30-50)53-25-27-55-57-33-47-36-60-58(34-48(47)35-59(57)65-61(55)37-53)56-28-26-54(38-62(56)66-60)64(51-23-19-41-11-3-7-15-45(41)31-51)52-24-20-42-12-4-8-16-46(42)32-52/h1-38H. The fraction of sp³-hybridized carbons (Fsp3) is 0. The Hall–Kier alpha value is -8.86. The van der Waals surface area contributed by atoms with Gasteiger partial charge in [0, 0.05) is 67.8 Å². The molecule has 0 aliphatic carbocycles. The quantitative estimate of drug-likeness (QED) is 0.167. The molecule has 0 bridgehead atoms. The highest BCUT2D eigenvalue weighted by molar-refractivity contribution is 6.16. The van der Waals surface area contributed by atoms with Crippen LogP contribution in [0.1, 0.15) is 0 Å². The number of furan rings is 2. The maximum absolute atomic E-state index is 6.77. The molecule has 0 amide bonds. The van der Waals surface area contributed by atoms with Crippen LogP contribution >= 0.6 is 0 Å². The molecule has 308 valence electrons. The van der Waals surface area contributed by atoms with Crippen molar-refractivity contribution in [2.24, 2.45) is 0 Å². The lowest BCUT2D eigenvalue weighted by Gasteiger charge is -2.26. The topological polar surface area (TPSA) is 32.8 Å². The van der Waals surface area contributed by atoms with E-state index < -0.39 is 0 Å². The summed E-state index contributed by atoms with van der Waals surface area (Å²) in [6.07, 6.45) is 0. The molecule has 12 aromatic carbocycles. The van der Waals surface area contributed by atoms with Gasteiger partial charge in [0.25, 0.3) is 0 Å². The van der Waals surface area contributed by atoms with Crippen molar-refractivity contribution in [1.29, 1.82) is 0 Å². The highest BCUT2D eigenvalue weighted by atomic mass is 16.3. The van der Waals surface area contributed by atoms with Crippen LogP contribution in [0.25, 0.3) is 97.7 Å². The Balaban J connectivity index is 0.875. The summed E-state index contributed by atoms with van der Waals surface area (Å²) in [7, 11) is 0. The minimum Gasteiger partial charge on any atom is -0.456 e. The number of nitrogens with zero attached hydrogens (tertiary/aromatic N) is 2. The largest absolute Gasteiger partial charge is 0.456 e. The molecule has 4 nitrogen and oxygen atoms in total. The van der Waals surface area contributed by atoms with E-state index in [1.807, 2.05) is 0 Å². The van der Waals surface area contributed by atoms with Gasteiger partial charge in [0.05, 0.1) is 0 Å². The van der Waals surface area contributed by atoms with Gasteiger partial charge >= 0.3 is 0 Å².